The predicted molar refractivity (Wildman–Crippen MR) is 118 cm³/mol. The third-order valence-corrected chi connectivity index (χ3v) is 5.13. The molecule has 2 aromatic rings. The molecule has 0 radical (unpaired) electrons. The summed E-state index contributed by atoms with van der Waals surface area (Å²) in [4.78, 5) is 23.6. The van der Waals surface area contributed by atoms with Crippen LogP contribution in [0.5, 0.6) is 5.75 Å². The molecule has 1 amide bonds. The molecule has 0 saturated carbocycles. The molecule has 0 atom stereocenters. The van der Waals surface area contributed by atoms with E-state index in [0.29, 0.717) is 11.4 Å². The van der Waals surface area contributed by atoms with E-state index in [9.17, 15) is 4.79 Å². The summed E-state index contributed by atoms with van der Waals surface area (Å²) in [7, 11) is 5.25. The number of hydrogen-bond donors (Lipinski definition) is 1. The van der Waals surface area contributed by atoms with E-state index < -0.39 is 0 Å². The highest BCUT2D eigenvalue weighted by Crippen LogP contribution is 2.29. The number of ether oxygens (including phenoxy) is 1. The lowest BCUT2D eigenvalue weighted by atomic mass is 10.1. The van der Waals surface area contributed by atoms with Crippen LogP contribution in [0.4, 0.5) is 17.2 Å². The molecule has 7 nitrogen and oxygen atoms in total. The minimum absolute atomic E-state index is 0.0260. The van der Waals surface area contributed by atoms with Crippen molar-refractivity contribution in [2.45, 2.75) is 13.3 Å². The molecule has 156 valence electrons. The van der Waals surface area contributed by atoms with E-state index in [1.54, 1.807) is 32.3 Å². The Morgan fingerprint density at radius 3 is 2.55 bits per heavy atom. The van der Waals surface area contributed by atoms with Gasteiger partial charge in [0.1, 0.15) is 17.1 Å². The van der Waals surface area contributed by atoms with Gasteiger partial charge < -0.3 is 24.8 Å². The lowest BCUT2D eigenvalue weighted by molar-refractivity contribution is 0.0828. The fourth-order valence-electron chi connectivity index (χ4n) is 3.54. The van der Waals surface area contributed by atoms with E-state index in [4.69, 9.17) is 4.74 Å². The van der Waals surface area contributed by atoms with Crippen molar-refractivity contribution in [3.05, 3.63) is 42.1 Å². The number of carbonyl (C=O) groups excluding carboxylic acids is 1. The van der Waals surface area contributed by atoms with Crippen LogP contribution in [0, 0.1) is 0 Å². The summed E-state index contributed by atoms with van der Waals surface area (Å²) in [6.07, 6.45) is 2.76. The zero-order valence-corrected chi connectivity index (χ0v) is 17.8. The van der Waals surface area contributed by atoms with E-state index >= 15 is 0 Å². The van der Waals surface area contributed by atoms with Crippen LogP contribution >= 0.6 is 0 Å². The Balaban J connectivity index is 1.81. The molecule has 1 aromatic heterocycles. The van der Waals surface area contributed by atoms with Crippen LogP contribution in [0.15, 0.2) is 36.5 Å². The van der Waals surface area contributed by atoms with Gasteiger partial charge in [0.2, 0.25) is 0 Å². The molecule has 0 bridgehead atoms. The zero-order chi connectivity index (χ0) is 20.8. The second-order valence-electron chi connectivity index (χ2n) is 7.36. The number of pyridine rings is 1. The minimum Gasteiger partial charge on any atom is -0.497 e. The molecule has 1 aliphatic heterocycles. The standard InChI is InChI=1S/C22H31N5O2/c1-5-10-23-21-20(22(28)25(2)3)19(9-11-24-21)27-14-12-26(13-15-27)17-7-6-8-18(16-17)29-4/h6-9,11,16H,5,10,12-15H2,1-4H3,(H,23,24). The number of methoxy groups -OCH3 is 1. The van der Waals surface area contributed by atoms with Gasteiger partial charge in [-0.05, 0) is 24.6 Å². The Morgan fingerprint density at radius 1 is 1.17 bits per heavy atom. The van der Waals surface area contributed by atoms with Crippen LogP contribution in [0.2, 0.25) is 0 Å². The third-order valence-electron chi connectivity index (χ3n) is 5.13. The molecule has 1 fully saturated rings. The van der Waals surface area contributed by atoms with E-state index in [2.05, 4.69) is 39.2 Å². The topological polar surface area (TPSA) is 60.9 Å². The van der Waals surface area contributed by atoms with E-state index in [1.807, 2.05) is 18.2 Å². The van der Waals surface area contributed by atoms with Gasteiger partial charge in [-0.25, -0.2) is 4.98 Å². The third kappa shape index (κ3) is 4.72. The van der Waals surface area contributed by atoms with E-state index in [0.717, 1.165) is 56.3 Å². The fourth-order valence-corrected chi connectivity index (χ4v) is 3.54. The lowest BCUT2D eigenvalue weighted by Crippen LogP contribution is -2.47. The number of aromatic nitrogens is 1. The monoisotopic (exact) mass is 397 g/mol. The van der Waals surface area contributed by atoms with Crippen molar-refractivity contribution in [1.82, 2.24) is 9.88 Å². The van der Waals surface area contributed by atoms with Crippen molar-refractivity contribution in [2.75, 3.05) is 69.0 Å². The van der Waals surface area contributed by atoms with Crippen molar-refractivity contribution < 1.29 is 9.53 Å². The summed E-state index contributed by atoms with van der Waals surface area (Å²) in [6.45, 7) is 6.31. The number of anilines is 3. The van der Waals surface area contributed by atoms with Crippen molar-refractivity contribution in [3.63, 3.8) is 0 Å². The summed E-state index contributed by atoms with van der Waals surface area (Å²) >= 11 is 0. The largest absolute Gasteiger partial charge is 0.497 e. The summed E-state index contributed by atoms with van der Waals surface area (Å²) in [5, 5.41) is 3.32. The average molecular weight is 398 g/mol. The Labute approximate surface area is 173 Å². The number of benzene rings is 1. The maximum atomic E-state index is 12.9. The van der Waals surface area contributed by atoms with Crippen LogP contribution in [-0.2, 0) is 0 Å². The molecular formula is C22H31N5O2. The molecule has 3 rings (SSSR count). The Hall–Kier alpha value is -2.96. The second kappa shape index (κ2) is 9.49. The molecule has 0 spiro atoms. The first-order chi connectivity index (χ1) is 14.0. The number of piperazine rings is 1. The molecule has 0 unspecified atom stereocenters. The first-order valence-corrected chi connectivity index (χ1v) is 10.1. The van der Waals surface area contributed by atoms with Crippen LogP contribution in [-0.4, -0.2) is 69.7 Å². The van der Waals surface area contributed by atoms with Gasteiger partial charge in [-0.2, -0.15) is 0 Å². The molecule has 1 aromatic carbocycles. The van der Waals surface area contributed by atoms with E-state index in [-0.39, 0.29) is 5.91 Å². The number of hydrogen-bond acceptors (Lipinski definition) is 6. The number of nitrogens with zero attached hydrogens (tertiary/aromatic N) is 4. The maximum absolute atomic E-state index is 12.9. The number of carbonyl (C=O) groups is 1. The highest BCUT2D eigenvalue weighted by Gasteiger charge is 2.25. The summed E-state index contributed by atoms with van der Waals surface area (Å²) in [5.41, 5.74) is 2.76. The molecule has 0 aliphatic carbocycles. The molecule has 1 saturated heterocycles. The zero-order valence-electron chi connectivity index (χ0n) is 17.8. The second-order valence-corrected chi connectivity index (χ2v) is 7.36. The number of nitrogens with one attached hydrogen (secondary N) is 1. The smallest absolute Gasteiger partial charge is 0.259 e. The average Bonchev–Trinajstić information content (AvgIpc) is 2.77. The Kier molecular flexibility index (Phi) is 6.80. The Morgan fingerprint density at radius 2 is 1.90 bits per heavy atom. The van der Waals surface area contributed by atoms with Gasteiger partial charge in [0, 0.05) is 64.8 Å². The van der Waals surface area contributed by atoms with Gasteiger partial charge in [0.25, 0.3) is 5.91 Å². The van der Waals surface area contributed by atoms with Gasteiger partial charge in [-0.1, -0.05) is 13.0 Å². The van der Waals surface area contributed by atoms with Crippen molar-refractivity contribution in [3.8, 4) is 5.75 Å². The summed E-state index contributed by atoms with van der Waals surface area (Å²) in [6, 6.07) is 10.1. The normalized spacial score (nSPS) is 13.9. The number of rotatable bonds is 7. The van der Waals surface area contributed by atoms with Gasteiger partial charge in [-0.3, -0.25) is 4.79 Å². The maximum Gasteiger partial charge on any atom is 0.259 e. The fraction of sp³-hybridized carbons (Fsp3) is 0.455. The molecule has 29 heavy (non-hydrogen) atoms. The van der Waals surface area contributed by atoms with Gasteiger partial charge >= 0.3 is 0 Å². The van der Waals surface area contributed by atoms with Crippen molar-refractivity contribution in [2.24, 2.45) is 0 Å². The first kappa shape index (κ1) is 20.8. The highest BCUT2D eigenvalue weighted by atomic mass is 16.5. The van der Waals surface area contributed by atoms with Crippen molar-refractivity contribution in [1.29, 1.82) is 0 Å². The van der Waals surface area contributed by atoms with Crippen LogP contribution in [0.3, 0.4) is 0 Å². The van der Waals surface area contributed by atoms with Crippen LogP contribution < -0.4 is 19.9 Å². The Bertz CT molecular complexity index is 832. The van der Waals surface area contributed by atoms with Crippen LogP contribution in [0.1, 0.15) is 23.7 Å². The minimum atomic E-state index is -0.0260. The molecule has 7 heteroatoms. The summed E-state index contributed by atoms with van der Waals surface area (Å²) in [5.74, 6) is 1.50. The molecule has 2 heterocycles. The molecule has 1 aliphatic rings. The van der Waals surface area contributed by atoms with Gasteiger partial charge in [0.05, 0.1) is 12.8 Å². The van der Waals surface area contributed by atoms with Crippen LogP contribution in [0.25, 0.3) is 0 Å². The van der Waals surface area contributed by atoms with Crippen molar-refractivity contribution >= 4 is 23.1 Å². The van der Waals surface area contributed by atoms with E-state index in [1.165, 1.54) is 0 Å². The first-order valence-electron chi connectivity index (χ1n) is 10.1. The van der Waals surface area contributed by atoms with Gasteiger partial charge in [-0.15, -0.1) is 0 Å². The van der Waals surface area contributed by atoms with Gasteiger partial charge in [0.15, 0.2) is 0 Å². The predicted octanol–water partition coefficient (Wildman–Crippen LogP) is 2.94. The highest BCUT2D eigenvalue weighted by molar-refractivity contribution is 6.04. The molecular weight excluding hydrogens is 366 g/mol. The SMILES string of the molecule is CCCNc1nccc(N2CCN(c3cccc(OC)c3)CC2)c1C(=O)N(C)C. The summed E-state index contributed by atoms with van der Waals surface area (Å²) < 4.78 is 5.35. The number of amides is 1. The quantitative estimate of drug-likeness (QED) is 0.775. The molecule has 1 N–H and O–H groups in total. The lowest BCUT2D eigenvalue weighted by Gasteiger charge is -2.38.